The third-order valence-corrected chi connectivity index (χ3v) is 1.74. The van der Waals surface area contributed by atoms with Crippen molar-refractivity contribution in [2.75, 3.05) is 0 Å². The Labute approximate surface area is 69.6 Å². The Morgan fingerprint density at radius 1 is 1.33 bits per heavy atom. The number of aromatic carboxylic acids is 1. The minimum absolute atomic E-state index is 0.0260. The van der Waals surface area contributed by atoms with Crippen molar-refractivity contribution < 1.29 is 14.3 Å². The predicted octanol–water partition coefficient (Wildman–Crippen LogP) is 2.14. The van der Waals surface area contributed by atoms with Crippen molar-refractivity contribution in [1.29, 1.82) is 0 Å². The fourth-order valence-electron chi connectivity index (χ4n) is 1.06. The molecule has 1 N–H and O–H groups in total. The SMILES string of the molecule is Cc1cc(C)c(C(=O)O)cc1F. The van der Waals surface area contributed by atoms with Crippen molar-refractivity contribution in [3.05, 3.63) is 34.6 Å². The largest absolute Gasteiger partial charge is 0.478 e. The van der Waals surface area contributed by atoms with Crippen molar-refractivity contribution in [3.8, 4) is 0 Å². The van der Waals surface area contributed by atoms with Gasteiger partial charge in [0.2, 0.25) is 0 Å². The van der Waals surface area contributed by atoms with E-state index in [1.54, 1.807) is 13.8 Å². The van der Waals surface area contributed by atoms with Gasteiger partial charge in [0.1, 0.15) is 5.82 Å². The number of halogens is 1. The fourth-order valence-corrected chi connectivity index (χ4v) is 1.06. The molecule has 2 nitrogen and oxygen atoms in total. The highest BCUT2D eigenvalue weighted by molar-refractivity contribution is 5.89. The summed E-state index contributed by atoms with van der Waals surface area (Å²) >= 11 is 0. The van der Waals surface area contributed by atoms with Crippen LogP contribution in [0.25, 0.3) is 0 Å². The van der Waals surface area contributed by atoms with Gasteiger partial charge in [0.25, 0.3) is 0 Å². The van der Waals surface area contributed by atoms with E-state index in [0.717, 1.165) is 6.07 Å². The fraction of sp³-hybridized carbons (Fsp3) is 0.222. The first-order valence-electron chi connectivity index (χ1n) is 3.52. The van der Waals surface area contributed by atoms with Crippen LogP contribution in [0.5, 0.6) is 0 Å². The Morgan fingerprint density at radius 2 is 1.92 bits per heavy atom. The van der Waals surface area contributed by atoms with Crippen LogP contribution in [0, 0.1) is 19.7 Å². The number of rotatable bonds is 1. The lowest BCUT2D eigenvalue weighted by atomic mass is 10.1. The van der Waals surface area contributed by atoms with Crippen LogP contribution in [0.1, 0.15) is 21.5 Å². The number of carboxylic acids is 1. The van der Waals surface area contributed by atoms with Crippen LogP contribution in [0.4, 0.5) is 4.39 Å². The molecular formula is C9H9FO2. The van der Waals surface area contributed by atoms with E-state index < -0.39 is 11.8 Å². The Kier molecular flexibility index (Phi) is 2.13. The maximum absolute atomic E-state index is 12.9. The normalized spacial score (nSPS) is 9.92. The van der Waals surface area contributed by atoms with Crippen molar-refractivity contribution in [1.82, 2.24) is 0 Å². The van der Waals surface area contributed by atoms with Gasteiger partial charge in [-0.1, -0.05) is 6.07 Å². The number of hydrogen-bond acceptors (Lipinski definition) is 1. The van der Waals surface area contributed by atoms with Gasteiger partial charge in [0.15, 0.2) is 0 Å². The first-order valence-corrected chi connectivity index (χ1v) is 3.52. The Bertz CT molecular complexity index is 332. The topological polar surface area (TPSA) is 37.3 Å². The number of carbonyl (C=O) groups is 1. The highest BCUT2D eigenvalue weighted by atomic mass is 19.1. The van der Waals surface area contributed by atoms with E-state index >= 15 is 0 Å². The third kappa shape index (κ3) is 1.44. The van der Waals surface area contributed by atoms with Crippen LogP contribution in [0.3, 0.4) is 0 Å². The van der Waals surface area contributed by atoms with E-state index in [-0.39, 0.29) is 5.56 Å². The van der Waals surface area contributed by atoms with Crippen LogP contribution < -0.4 is 0 Å². The summed E-state index contributed by atoms with van der Waals surface area (Å²) in [5, 5.41) is 8.61. The summed E-state index contributed by atoms with van der Waals surface area (Å²) in [5.41, 5.74) is 1.08. The quantitative estimate of drug-likeness (QED) is 0.697. The molecule has 0 amide bonds. The zero-order chi connectivity index (χ0) is 9.30. The van der Waals surface area contributed by atoms with Gasteiger partial charge in [0, 0.05) is 0 Å². The number of benzene rings is 1. The molecule has 0 radical (unpaired) electrons. The average molecular weight is 168 g/mol. The van der Waals surface area contributed by atoms with Gasteiger partial charge in [-0.25, -0.2) is 9.18 Å². The van der Waals surface area contributed by atoms with Crippen LogP contribution in [0.15, 0.2) is 12.1 Å². The summed E-state index contributed by atoms with van der Waals surface area (Å²) in [6.07, 6.45) is 0. The van der Waals surface area contributed by atoms with Crippen molar-refractivity contribution in [3.63, 3.8) is 0 Å². The van der Waals surface area contributed by atoms with Gasteiger partial charge in [0.05, 0.1) is 5.56 Å². The van der Waals surface area contributed by atoms with Crippen LogP contribution >= 0.6 is 0 Å². The second-order valence-electron chi connectivity index (χ2n) is 2.72. The maximum atomic E-state index is 12.9. The lowest BCUT2D eigenvalue weighted by Gasteiger charge is -2.02. The standard InChI is InChI=1S/C9H9FO2/c1-5-3-6(2)8(10)4-7(5)9(11)12/h3-4H,1-2H3,(H,11,12). The molecule has 0 spiro atoms. The molecule has 0 saturated carbocycles. The predicted molar refractivity (Wildman–Crippen MR) is 42.8 cm³/mol. The summed E-state index contributed by atoms with van der Waals surface area (Å²) in [5.74, 6) is -1.57. The zero-order valence-corrected chi connectivity index (χ0v) is 6.89. The van der Waals surface area contributed by atoms with Crippen LogP contribution in [0.2, 0.25) is 0 Å². The number of carboxylic acid groups (broad SMARTS) is 1. The van der Waals surface area contributed by atoms with Gasteiger partial charge in [-0.15, -0.1) is 0 Å². The number of hydrogen-bond donors (Lipinski definition) is 1. The van der Waals surface area contributed by atoms with Crippen molar-refractivity contribution in [2.24, 2.45) is 0 Å². The molecule has 0 aliphatic heterocycles. The molecule has 0 fully saturated rings. The summed E-state index contributed by atoms with van der Waals surface area (Å²) < 4.78 is 12.9. The van der Waals surface area contributed by atoms with E-state index in [1.807, 2.05) is 0 Å². The van der Waals surface area contributed by atoms with Gasteiger partial charge >= 0.3 is 5.97 Å². The zero-order valence-electron chi connectivity index (χ0n) is 6.89. The molecule has 0 bridgehead atoms. The molecule has 3 heteroatoms. The summed E-state index contributed by atoms with van der Waals surface area (Å²) in [6.45, 7) is 3.25. The minimum Gasteiger partial charge on any atom is -0.478 e. The van der Waals surface area contributed by atoms with Gasteiger partial charge in [-0.3, -0.25) is 0 Å². The first kappa shape index (κ1) is 8.71. The Hall–Kier alpha value is -1.38. The van der Waals surface area contributed by atoms with Gasteiger partial charge < -0.3 is 5.11 Å². The van der Waals surface area contributed by atoms with E-state index in [4.69, 9.17) is 5.11 Å². The molecule has 1 rings (SSSR count). The summed E-state index contributed by atoms with van der Waals surface area (Å²) in [4.78, 5) is 10.5. The molecule has 0 aliphatic rings. The molecule has 0 saturated heterocycles. The van der Waals surface area contributed by atoms with Crippen molar-refractivity contribution in [2.45, 2.75) is 13.8 Å². The third-order valence-electron chi connectivity index (χ3n) is 1.74. The molecule has 0 atom stereocenters. The Morgan fingerprint density at radius 3 is 2.42 bits per heavy atom. The molecule has 0 aliphatic carbocycles. The lowest BCUT2D eigenvalue weighted by Crippen LogP contribution is -2.01. The highest BCUT2D eigenvalue weighted by Crippen LogP contribution is 2.14. The molecule has 0 aromatic heterocycles. The van der Waals surface area contributed by atoms with E-state index in [1.165, 1.54) is 6.07 Å². The van der Waals surface area contributed by atoms with Gasteiger partial charge in [-0.05, 0) is 31.0 Å². The monoisotopic (exact) mass is 168 g/mol. The number of aryl methyl sites for hydroxylation is 2. The van der Waals surface area contributed by atoms with Gasteiger partial charge in [-0.2, -0.15) is 0 Å². The molecule has 64 valence electrons. The second kappa shape index (κ2) is 2.93. The smallest absolute Gasteiger partial charge is 0.336 e. The van der Waals surface area contributed by atoms with E-state index in [0.29, 0.717) is 11.1 Å². The lowest BCUT2D eigenvalue weighted by molar-refractivity contribution is 0.0695. The average Bonchev–Trinajstić information content (AvgIpc) is 1.96. The summed E-state index contributed by atoms with van der Waals surface area (Å²) in [7, 11) is 0. The molecule has 0 unspecified atom stereocenters. The minimum atomic E-state index is -1.09. The summed E-state index contributed by atoms with van der Waals surface area (Å²) in [6, 6.07) is 2.58. The second-order valence-corrected chi connectivity index (χ2v) is 2.72. The highest BCUT2D eigenvalue weighted by Gasteiger charge is 2.09. The molecule has 1 aromatic carbocycles. The van der Waals surface area contributed by atoms with Crippen molar-refractivity contribution >= 4 is 5.97 Å². The van der Waals surface area contributed by atoms with Crippen LogP contribution in [-0.2, 0) is 0 Å². The maximum Gasteiger partial charge on any atom is 0.336 e. The molecule has 0 heterocycles. The van der Waals surface area contributed by atoms with Crippen LogP contribution in [-0.4, -0.2) is 11.1 Å². The molecule has 1 aromatic rings. The van der Waals surface area contributed by atoms with E-state index in [2.05, 4.69) is 0 Å². The van der Waals surface area contributed by atoms with E-state index in [9.17, 15) is 9.18 Å². The molecular weight excluding hydrogens is 159 g/mol. The Balaban J connectivity index is 3.33. The molecule has 12 heavy (non-hydrogen) atoms. The first-order chi connectivity index (χ1) is 5.52.